The lowest BCUT2D eigenvalue weighted by Crippen LogP contribution is -2.20. The van der Waals surface area contributed by atoms with Gasteiger partial charge in [-0.3, -0.25) is 4.79 Å². The number of hydrogen-bond donors (Lipinski definition) is 2. The normalized spacial score (nSPS) is 18.6. The van der Waals surface area contributed by atoms with E-state index in [9.17, 15) is 4.79 Å². The first-order valence-electron chi connectivity index (χ1n) is 4.93. The summed E-state index contributed by atoms with van der Waals surface area (Å²) in [4.78, 5) is 10.5. The molecule has 0 aromatic heterocycles. The van der Waals surface area contributed by atoms with Crippen LogP contribution in [-0.4, -0.2) is 18.6 Å². The number of hydrogen-bond acceptors (Lipinski definition) is 3. The predicted octanol–water partition coefficient (Wildman–Crippen LogP) is -0.0234. The number of benzene rings is 1. The largest absolute Gasteiger partial charge is 0.484 e. The van der Waals surface area contributed by atoms with Crippen molar-refractivity contribution in [3.8, 4) is 5.75 Å². The molecule has 80 valence electrons. The maximum absolute atomic E-state index is 10.5. The van der Waals surface area contributed by atoms with Gasteiger partial charge in [0.2, 0.25) is 0 Å². The number of amides is 1. The Bertz CT molecular complexity index is 390. The fourth-order valence-electron chi connectivity index (χ4n) is 1.87. The number of fused-ring (bicyclic) bond motifs is 1. The van der Waals surface area contributed by atoms with E-state index >= 15 is 0 Å². The summed E-state index contributed by atoms with van der Waals surface area (Å²) >= 11 is 0. The Morgan fingerprint density at radius 2 is 2.13 bits per heavy atom. The van der Waals surface area contributed by atoms with Gasteiger partial charge >= 0.3 is 0 Å². The summed E-state index contributed by atoms with van der Waals surface area (Å²) < 4.78 is 5.21. The van der Waals surface area contributed by atoms with Crippen LogP contribution in [0.5, 0.6) is 5.75 Å². The van der Waals surface area contributed by atoms with Crippen LogP contribution in [-0.2, 0) is 17.6 Å². The molecule has 1 aromatic rings. The third kappa shape index (κ3) is 2.27. The maximum atomic E-state index is 10.5. The van der Waals surface area contributed by atoms with Crippen LogP contribution in [0.25, 0.3) is 0 Å². The minimum absolute atomic E-state index is 0.0785. The van der Waals surface area contributed by atoms with Crippen molar-refractivity contribution in [1.29, 1.82) is 0 Å². The molecule has 1 unspecified atom stereocenters. The van der Waals surface area contributed by atoms with Gasteiger partial charge in [-0.15, -0.1) is 0 Å². The minimum Gasteiger partial charge on any atom is -0.484 e. The minimum atomic E-state index is -0.466. The van der Waals surface area contributed by atoms with E-state index in [0.29, 0.717) is 5.75 Å². The highest BCUT2D eigenvalue weighted by Crippen LogP contribution is 2.25. The second kappa shape index (κ2) is 3.90. The summed E-state index contributed by atoms with van der Waals surface area (Å²) in [7, 11) is 0. The molecule has 1 aromatic carbocycles. The van der Waals surface area contributed by atoms with Gasteiger partial charge in [-0.05, 0) is 36.1 Å². The van der Waals surface area contributed by atoms with E-state index in [2.05, 4.69) is 0 Å². The first-order valence-corrected chi connectivity index (χ1v) is 4.93. The van der Waals surface area contributed by atoms with E-state index in [1.54, 1.807) is 0 Å². The Morgan fingerprint density at radius 3 is 2.87 bits per heavy atom. The molecule has 0 bridgehead atoms. The molecule has 0 saturated carbocycles. The van der Waals surface area contributed by atoms with Crippen molar-refractivity contribution in [2.24, 2.45) is 11.5 Å². The van der Waals surface area contributed by atoms with Crippen molar-refractivity contribution < 1.29 is 9.53 Å². The number of rotatable bonds is 3. The van der Waals surface area contributed by atoms with E-state index in [1.165, 1.54) is 11.1 Å². The summed E-state index contributed by atoms with van der Waals surface area (Å²) in [5, 5.41) is 0. The summed E-state index contributed by atoms with van der Waals surface area (Å²) in [6.45, 7) is -0.0785. The molecule has 1 amide bonds. The van der Waals surface area contributed by atoms with E-state index in [4.69, 9.17) is 16.2 Å². The molecule has 4 nitrogen and oxygen atoms in total. The summed E-state index contributed by atoms with van der Waals surface area (Å²) in [5.41, 5.74) is 13.3. The highest BCUT2D eigenvalue weighted by molar-refractivity contribution is 5.75. The first-order chi connectivity index (χ1) is 7.15. The van der Waals surface area contributed by atoms with Gasteiger partial charge in [0.1, 0.15) is 5.75 Å². The number of ether oxygens (including phenoxy) is 1. The molecule has 0 aliphatic heterocycles. The van der Waals surface area contributed by atoms with Crippen LogP contribution >= 0.6 is 0 Å². The monoisotopic (exact) mass is 206 g/mol. The zero-order valence-corrected chi connectivity index (χ0v) is 8.40. The molecule has 1 aliphatic carbocycles. The van der Waals surface area contributed by atoms with Crippen molar-refractivity contribution in [1.82, 2.24) is 0 Å². The van der Waals surface area contributed by atoms with Crippen molar-refractivity contribution in [2.75, 3.05) is 6.61 Å². The number of carbonyl (C=O) groups is 1. The summed E-state index contributed by atoms with van der Waals surface area (Å²) in [6, 6.07) is 6.00. The van der Waals surface area contributed by atoms with E-state index < -0.39 is 5.91 Å². The van der Waals surface area contributed by atoms with Crippen LogP contribution in [0, 0.1) is 0 Å². The molecule has 0 spiro atoms. The Kier molecular flexibility index (Phi) is 2.60. The highest BCUT2D eigenvalue weighted by Gasteiger charge is 2.18. The molecule has 0 fully saturated rings. The Labute approximate surface area is 88.2 Å². The lowest BCUT2D eigenvalue weighted by molar-refractivity contribution is -0.119. The highest BCUT2D eigenvalue weighted by atomic mass is 16.5. The van der Waals surface area contributed by atoms with Gasteiger partial charge in [0.05, 0.1) is 0 Å². The predicted molar refractivity (Wildman–Crippen MR) is 56.5 cm³/mol. The van der Waals surface area contributed by atoms with Crippen LogP contribution in [0.15, 0.2) is 18.2 Å². The fourth-order valence-corrected chi connectivity index (χ4v) is 1.87. The third-order valence-corrected chi connectivity index (χ3v) is 2.52. The lowest BCUT2D eigenvalue weighted by Gasteiger charge is -2.05. The topological polar surface area (TPSA) is 78.3 Å². The lowest BCUT2D eigenvalue weighted by atomic mass is 10.1. The van der Waals surface area contributed by atoms with Gasteiger partial charge in [0.15, 0.2) is 6.61 Å². The Hall–Kier alpha value is -1.55. The fraction of sp³-hybridized carbons (Fsp3) is 0.364. The van der Waals surface area contributed by atoms with Gasteiger partial charge in [0.25, 0.3) is 5.91 Å². The summed E-state index contributed by atoms with van der Waals surface area (Å²) in [6.07, 6.45) is 1.80. The van der Waals surface area contributed by atoms with Crippen molar-refractivity contribution >= 4 is 5.91 Å². The third-order valence-electron chi connectivity index (χ3n) is 2.52. The van der Waals surface area contributed by atoms with Crippen LogP contribution < -0.4 is 16.2 Å². The summed E-state index contributed by atoms with van der Waals surface area (Å²) in [5.74, 6) is 0.217. The molecule has 1 atom stereocenters. The van der Waals surface area contributed by atoms with Crippen LogP contribution in [0.2, 0.25) is 0 Å². The van der Waals surface area contributed by atoms with E-state index in [0.717, 1.165) is 12.8 Å². The Morgan fingerprint density at radius 1 is 1.40 bits per heavy atom. The molecule has 4 N–H and O–H groups in total. The van der Waals surface area contributed by atoms with Gasteiger partial charge in [-0.25, -0.2) is 0 Å². The molecular weight excluding hydrogens is 192 g/mol. The molecule has 2 rings (SSSR count). The second-order valence-electron chi connectivity index (χ2n) is 3.85. The molecule has 4 heteroatoms. The van der Waals surface area contributed by atoms with E-state index in [-0.39, 0.29) is 12.6 Å². The molecule has 0 saturated heterocycles. The van der Waals surface area contributed by atoms with E-state index in [1.807, 2.05) is 18.2 Å². The van der Waals surface area contributed by atoms with Crippen molar-refractivity contribution in [2.45, 2.75) is 18.9 Å². The van der Waals surface area contributed by atoms with Crippen LogP contribution in [0.1, 0.15) is 11.1 Å². The SMILES string of the molecule is NC(=O)COc1ccc2c(c1)CC(N)C2. The average Bonchev–Trinajstić information content (AvgIpc) is 2.53. The molecule has 0 heterocycles. The smallest absolute Gasteiger partial charge is 0.255 e. The number of carbonyl (C=O) groups excluding carboxylic acids is 1. The van der Waals surface area contributed by atoms with Crippen LogP contribution in [0.4, 0.5) is 0 Å². The quantitative estimate of drug-likeness (QED) is 0.729. The Balaban J connectivity index is 2.09. The van der Waals surface area contributed by atoms with Crippen LogP contribution in [0.3, 0.4) is 0 Å². The number of nitrogens with two attached hydrogens (primary N) is 2. The van der Waals surface area contributed by atoms with Crippen molar-refractivity contribution in [3.05, 3.63) is 29.3 Å². The maximum Gasteiger partial charge on any atom is 0.255 e. The van der Waals surface area contributed by atoms with Crippen molar-refractivity contribution in [3.63, 3.8) is 0 Å². The zero-order chi connectivity index (χ0) is 10.8. The number of primary amides is 1. The standard InChI is InChI=1S/C11H14N2O2/c12-9-3-7-1-2-10(5-8(7)4-9)15-6-11(13)14/h1-2,5,9H,3-4,6,12H2,(H2,13,14). The second-order valence-corrected chi connectivity index (χ2v) is 3.85. The molecular formula is C11H14N2O2. The van der Waals surface area contributed by atoms with Gasteiger partial charge in [0, 0.05) is 6.04 Å². The molecule has 1 aliphatic rings. The van der Waals surface area contributed by atoms with Gasteiger partial charge in [-0.1, -0.05) is 6.07 Å². The molecule has 15 heavy (non-hydrogen) atoms. The first kappa shape index (κ1) is 9.98. The van der Waals surface area contributed by atoms with Gasteiger partial charge in [-0.2, -0.15) is 0 Å². The molecule has 0 radical (unpaired) electrons. The zero-order valence-electron chi connectivity index (χ0n) is 8.40. The van der Waals surface area contributed by atoms with Gasteiger partial charge < -0.3 is 16.2 Å². The average molecular weight is 206 g/mol.